The molecular formula is C33H31ClO5. The van der Waals surface area contributed by atoms with Gasteiger partial charge < -0.3 is 0 Å². The van der Waals surface area contributed by atoms with Crippen LogP contribution in [-0.2, 0) is 5.41 Å². The molecule has 2 aliphatic carbocycles. The Labute approximate surface area is 231 Å². The van der Waals surface area contributed by atoms with Crippen molar-refractivity contribution in [2.75, 3.05) is 0 Å². The van der Waals surface area contributed by atoms with Gasteiger partial charge in [-0.2, -0.15) is 0 Å². The van der Waals surface area contributed by atoms with Gasteiger partial charge in [0.15, 0.2) is 0 Å². The molecule has 0 spiro atoms. The maximum absolute atomic E-state index is 8.49. The molecule has 1 heterocycles. The second-order valence-corrected chi connectivity index (χ2v) is 11.3. The maximum Gasteiger partial charge on any atom is 0.364 e. The van der Waals surface area contributed by atoms with E-state index in [1.165, 1.54) is 33.4 Å². The average Bonchev–Trinajstić information content (AvgIpc) is 3.15. The first-order valence-corrected chi connectivity index (χ1v) is 13.8. The molecule has 0 N–H and O–H groups in total. The minimum Gasteiger partial charge on any atom is -0.222 e. The lowest BCUT2D eigenvalue weighted by Gasteiger charge is -2.21. The number of hydrogen-bond donors (Lipinski definition) is 0. The lowest BCUT2D eigenvalue weighted by atomic mass is 9.82. The van der Waals surface area contributed by atoms with Crippen LogP contribution in [0.4, 0.5) is 0 Å². The first-order valence-electron chi connectivity index (χ1n) is 12.6. The van der Waals surface area contributed by atoms with E-state index in [0.29, 0.717) is 0 Å². The van der Waals surface area contributed by atoms with E-state index in [9.17, 15) is 0 Å². The van der Waals surface area contributed by atoms with Crippen molar-refractivity contribution < 1.29 is 33.3 Å². The predicted molar refractivity (Wildman–Crippen MR) is 144 cm³/mol. The van der Waals surface area contributed by atoms with E-state index in [4.69, 9.17) is 23.1 Å². The summed E-state index contributed by atoms with van der Waals surface area (Å²) in [5.74, 6) is 1.80. The minimum absolute atomic E-state index is 0.00120. The molecule has 0 amide bonds. The van der Waals surface area contributed by atoms with E-state index in [-0.39, 0.29) is 5.41 Å². The molecule has 200 valence electrons. The number of halogens is 1. The van der Waals surface area contributed by atoms with Gasteiger partial charge in [0.1, 0.15) is 0 Å². The molecule has 5 rings (SSSR count). The second kappa shape index (κ2) is 11.3. The largest absolute Gasteiger partial charge is 0.364 e. The molecule has 0 unspecified atom stereocenters. The molecule has 6 heteroatoms. The third-order valence-electron chi connectivity index (χ3n) is 6.59. The van der Waals surface area contributed by atoms with E-state index < -0.39 is 10.2 Å². The van der Waals surface area contributed by atoms with Gasteiger partial charge in [0.2, 0.25) is 0 Å². The Balaban J connectivity index is 0.000000648. The van der Waals surface area contributed by atoms with Crippen molar-refractivity contribution in [1.29, 1.82) is 0 Å². The van der Waals surface area contributed by atoms with Gasteiger partial charge in [0, 0.05) is 5.56 Å². The van der Waals surface area contributed by atoms with Crippen LogP contribution in [0, 0.1) is 24.1 Å². The van der Waals surface area contributed by atoms with Gasteiger partial charge in [0.25, 0.3) is 0 Å². The zero-order valence-electron chi connectivity index (χ0n) is 22.7. The molecule has 0 radical (unpaired) electrons. The maximum atomic E-state index is 8.49. The molecule has 2 aliphatic rings. The van der Waals surface area contributed by atoms with Crippen LogP contribution < -0.4 is 18.6 Å². The molecule has 0 saturated carbocycles. The van der Waals surface area contributed by atoms with Gasteiger partial charge in [-0.1, -0.05) is 87.0 Å². The lowest BCUT2D eigenvalue weighted by Crippen LogP contribution is -2.68. The summed E-state index contributed by atoms with van der Waals surface area (Å²) in [6.07, 6.45) is 0. The third kappa shape index (κ3) is 6.90. The first-order chi connectivity index (χ1) is 18.3. The van der Waals surface area contributed by atoms with Crippen LogP contribution in [0.3, 0.4) is 0 Å². The van der Waals surface area contributed by atoms with Crippen LogP contribution in [0.15, 0.2) is 101 Å². The summed E-state index contributed by atoms with van der Waals surface area (Å²) < 4.78 is 40.6. The SMILES string of the molecule is Cc1ccc2cc(C(C)(C)C)c(-c3cc(-c4ccccc4)[o+]c(-c4ccccc4)c3C)c-2cc1.[O-][Cl+3]([O-])([O-])[O-]. The van der Waals surface area contributed by atoms with Crippen molar-refractivity contribution in [3.05, 3.63) is 114 Å². The van der Waals surface area contributed by atoms with Gasteiger partial charge in [-0.3, -0.25) is 0 Å². The standard InChI is InChI=1S/C33H31O.ClHO4/c1-22-16-18-26-20-29(33(3,4)5)31(27(26)19-17-22)28-21-30(24-12-8-6-9-13-24)34-32(23(28)2)25-14-10-7-11-15-25;2-1(3,4)5/h6-21H,1-5H3;(H,2,3,4,5)/q+1;/p-1. The summed E-state index contributed by atoms with van der Waals surface area (Å²) in [6.45, 7) is 11.2. The molecule has 3 aromatic rings. The van der Waals surface area contributed by atoms with Crippen LogP contribution in [-0.4, -0.2) is 0 Å². The number of benzene rings is 2. The smallest absolute Gasteiger partial charge is 0.222 e. The van der Waals surface area contributed by atoms with E-state index in [1.807, 2.05) is 12.1 Å². The van der Waals surface area contributed by atoms with Crippen molar-refractivity contribution in [3.63, 3.8) is 0 Å². The highest BCUT2D eigenvalue weighted by atomic mass is 35.7. The number of fused-ring (bicyclic) bond motifs is 1. The fourth-order valence-electron chi connectivity index (χ4n) is 4.73. The summed E-state index contributed by atoms with van der Waals surface area (Å²) in [4.78, 5) is 0. The first kappa shape index (κ1) is 28.4. The Morgan fingerprint density at radius 1 is 0.615 bits per heavy atom. The molecular weight excluding hydrogens is 512 g/mol. The quantitative estimate of drug-likeness (QED) is 0.304. The van der Waals surface area contributed by atoms with Gasteiger partial charge in [-0.25, -0.2) is 23.1 Å². The Morgan fingerprint density at radius 3 is 1.72 bits per heavy atom. The van der Waals surface area contributed by atoms with E-state index >= 15 is 0 Å². The molecule has 0 saturated heterocycles. The number of hydrogen-bond acceptors (Lipinski definition) is 4. The van der Waals surface area contributed by atoms with Gasteiger partial charge >= 0.3 is 11.5 Å². The Kier molecular flexibility index (Phi) is 8.21. The highest BCUT2D eigenvalue weighted by Crippen LogP contribution is 2.47. The van der Waals surface area contributed by atoms with Gasteiger partial charge in [-0.15, -0.1) is 10.2 Å². The third-order valence-corrected chi connectivity index (χ3v) is 6.59. The molecule has 2 aromatic carbocycles. The lowest BCUT2D eigenvalue weighted by molar-refractivity contribution is -2.00. The van der Waals surface area contributed by atoms with Crippen LogP contribution in [0.25, 0.3) is 44.9 Å². The highest BCUT2D eigenvalue weighted by molar-refractivity contribution is 5.93. The number of rotatable bonds is 3. The summed E-state index contributed by atoms with van der Waals surface area (Å²) in [6, 6.07) is 34.4. The fourth-order valence-corrected chi connectivity index (χ4v) is 4.73. The summed E-state index contributed by atoms with van der Waals surface area (Å²) in [7, 11) is -4.94. The molecule has 0 aliphatic heterocycles. The monoisotopic (exact) mass is 542 g/mol. The van der Waals surface area contributed by atoms with Gasteiger partial charge in [0.05, 0.1) is 22.8 Å². The fraction of sp³-hybridized carbons (Fsp3) is 0.182. The van der Waals surface area contributed by atoms with Crippen molar-refractivity contribution in [3.8, 4) is 44.9 Å². The van der Waals surface area contributed by atoms with Crippen LogP contribution in [0.1, 0.15) is 37.5 Å². The minimum atomic E-state index is -4.94. The molecule has 0 bridgehead atoms. The zero-order valence-corrected chi connectivity index (χ0v) is 23.4. The topological polar surface area (TPSA) is 104 Å². The zero-order chi connectivity index (χ0) is 28.4. The van der Waals surface area contributed by atoms with E-state index in [1.54, 1.807) is 0 Å². The Hall–Kier alpha value is -3.58. The van der Waals surface area contributed by atoms with Crippen molar-refractivity contribution in [2.45, 2.75) is 40.0 Å². The molecule has 5 nitrogen and oxygen atoms in total. The van der Waals surface area contributed by atoms with Crippen LogP contribution in [0.5, 0.6) is 0 Å². The summed E-state index contributed by atoms with van der Waals surface area (Å²) >= 11 is 0. The average molecular weight is 543 g/mol. The normalized spacial score (nSPS) is 11.7. The molecule has 0 fully saturated rings. The van der Waals surface area contributed by atoms with Crippen molar-refractivity contribution >= 4 is 0 Å². The molecule has 1 aromatic heterocycles. The van der Waals surface area contributed by atoms with Crippen LogP contribution >= 0.6 is 0 Å². The highest BCUT2D eigenvalue weighted by Gasteiger charge is 2.31. The molecule has 39 heavy (non-hydrogen) atoms. The predicted octanol–water partition coefficient (Wildman–Crippen LogP) is 4.82. The van der Waals surface area contributed by atoms with Crippen molar-refractivity contribution in [1.82, 2.24) is 0 Å². The summed E-state index contributed by atoms with van der Waals surface area (Å²) in [5, 5.41) is 0. The van der Waals surface area contributed by atoms with E-state index in [2.05, 4.69) is 120 Å². The summed E-state index contributed by atoms with van der Waals surface area (Å²) in [5.41, 5.74) is 11.0. The Bertz CT molecular complexity index is 1530. The van der Waals surface area contributed by atoms with Gasteiger partial charge in [-0.05, 0) is 71.8 Å². The second-order valence-electron chi connectivity index (χ2n) is 10.6. The number of aryl methyl sites for hydroxylation is 1. The van der Waals surface area contributed by atoms with Crippen LogP contribution in [0.2, 0.25) is 0 Å². The van der Waals surface area contributed by atoms with E-state index in [0.717, 1.165) is 28.2 Å². The Morgan fingerprint density at radius 2 is 1.15 bits per heavy atom. The van der Waals surface area contributed by atoms with Crippen molar-refractivity contribution in [2.24, 2.45) is 0 Å². The molecule has 0 atom stereocenters.